The molecular formula is C25H25N3O2. The maximum absolute atomic E-state index is 12.9. The molecule has 0 aliphatic rings. The molecule has 0 aliphatic heterocycles. The molecule has 0 saturated heterocycles. The lowest BCUT2D eigenvalue weighted by Gasteiger charge is -2.32. The van der Waals surface area contributed by atoms with Crippen LogP contribution in [-0.2, 0) is 4.79 Å². The molecule has 1 amide bonds. The Bertz CT molecular complexity index is 945. The van der Waals surface area contributed by atoms with Gasteiger partial charge in [0.1, 0.15) is 0 Å². The summed E-state index contributed by atoms with van der Waals surface area (Å²) in [5.41, 5.74) is 3.26. The van der Waals surface area contributed by atoms with Crippen LogP contribution in [0.5, 0.6) is 0 Å². The molecule has 0 unspecified atom stereocenters. The van der Waals surface area contributed by atoms with Gasteiger partial charge in [0.05, 0.1) is 24.2 Å². The van der Waals surface area contributed by atoms with E-state index >= 15 is 0 Å². The molecule has 30 heavy (non-hydrogen) atoms. The van der Waals surface area contributed by atoms with Crippen molar-refractivity contribution in [3.8, 4) is 6.07 Å². The Morgan fingerprint density at radius 2 is 1.60 bits per heavy atom. The number of hydrogen-bond donors (Lipinski definition) is 2. The SMILES string of the molecule is N#Cc1cccc(NC(=O)CN(CCCO)C(c2ccccc2)c2ccccc2)c1. The Hall–Kier alpha value is -3.46. The molecule has 3 rings (SSSR count). The summed E-state index contributed by atoms with van der Waals surface area (Å²) in [7, 11) is 0. The third-order valence-corrected chi connectivity index (χ3v) is 4.82. The van der Waals surface area contributed by atoms with E-state index in [2.05, 4.69) is 40.6 Å². The largest absolute Gasteiger partial charge is 0.396 e. The van der Waals surface area contributed by atoms with Crippen molar-refractivity contribution in [1.82, 2.24) is 4.90 Å². The first-order valence-corrected chi connectivity index (χ1v) is 9.96. The Balaban J connectivity index is 1.86. The van der Waals surface area contributed by atoms with Gasteiger partial charge in [-0.25, -0.2) is 0 Å². The maximum atomic E-state index is 12.9. The third-order valence-electron chi connectivity index (χ3n) is 4.82. The first kappa shape index (κ1) is 21.3. The van der Waals surface area contributed by atoms with Crippen molar-refractivity contribution >= 4 is 11.6 Å². The van der Waals surface area contributed by atoms with Crippen LogP contribution in [-0.4, -0.2) is 35.6 Å². The number of amides is 1. The molecule has 0 radical (unpaired) electrons. The second-order valence-electron chi connectivity index (χ2n) is 7.01. The minimum atomic E-state index is -0.167. The topological polar surface area (TPSA) is 76.4 Å². The standard InChI is InChI=1S/C25H25N3O2/c26-18-20-9-7-14-23(17-20)27-24(30)19-28(15-8-16-29)25(21-10-3-1-4-11-21)22-12-5-2-6-13-22/h1-7,9-14,17,25,29H,8,15-16,19H2,(H,27,30). The molecule has 3 aromatic carbocycles. The van der Waals surface area contributed by atoms with Crippen molar-refractivity contribution in [2.75, 3.05) is 25.0 Å². The molecule has 0 aliphatic carbocycles. The normalized spacial score (nSPS) is 10.7. The highest BCUT2D eigenvalue weighted by Crippen LogP contribution is 2.28. The molecule has 3 aromatic rings. The monoisotopic (exact) mass is 399 g/mol. The van der Waals surface area contributed by atoms with Gasteiger partial charge in [0, 0.05) is 18.8 Å². The number of carbonyl (C=O) groups excluding carboxylic acids is 1. The third kappa shape index (κ3) is 5.77. The lowest BCUT2D eigenvalue weighted by Crippen LogP contribution is -2.37. The summed E-state index contributed by atoms with van der Waals surface area (Å²) in [5.74, 6) is -0.167. The zero-order chi connectivity index (χ0) is 21.2. The zero-order valence-corrected chi connectivity index (χ0v) is 16.7. The van der Waals surface area contributed by atoms with Gasteiger partial charge < -0.3 is 10.4 Å². The first-order valence-electron chi connectivity index (χ1n) is 9.96. The van der Waals surface area contributed by atoms with Crippen LogP contribution in [0.2, 0.25) is 0 Å². The van der Waals surface area contributed by atoms with Crippen molar-refractivity contribution in [3.63, 3.8) is 0 Å². The number of aliphatic hydroxyl groups excluding tert-OH is 1. The molecule has 0 spiro atoms. The molecule has 152 valence electrons. The highest BCUT2D eigenvalue weighted by molar-refractivity contribution is 5.92. The van der Waals surface area contributed by atoms with E-state index in [-0.39, 0.29) is 25.1 Å². The van der Waals surface area contributed by atoms with Gasteiger partial charge in [-0.05, 0) is 35.7 Å². The fourth-order valence-corrected chi connectivity index (χ4v) is 3.51. The molecule has 0 heterocycles. The molecule has 5 nitrogen and oxygen atoms in total. The minimum absolute atomic E-state index is 0.0542. The number of rotatable bonds is 9. The van der Waals surface area contributed by atoms with E-state index in [1.165, 1.54) is 0 Å². The van der Waals surface area contributed by atoms with Crippen LogP contribution in [0.15, 0.2) is 84.9 Å². The lowest BCUT2D eigenvalue weighted by molar-refractivity contribution is -0.117. The van der Waals surface area contributed by atoms with Crippen LogP contribution in [0, 0.1) is 11.3 Å². The number of aliphatic hydroxyl groups is 1. The van der Waals surface area contributed by atoms with Gasteiger partial charge in [-0.15, -0.1) is 0 Å². The molecule has 0 bridgehead atoms. The summed E-state index contributed by atoms with van der Waals surface area (Å²) in [6.45, 7) is 0.778. The average Bonchev–Trinajstić information content (AvgIpc) is 2.79. The summed E-state index contributed by atoms with van der Waals surface area (Å²) in [6.07, 6.45) is 0.563. The van der Waals surface area contributed by atoms with Crippen LogP contribution >= 0.6 is 0 Å². The number of nitrogens with one attached hydrogen (secondary N) is 1. The van der Waals surface area contributed by atoms with Gasteiger partial charge in [-0.3, -0.25) is 9.69 Å². The molecule has 0 saturated carbocycles. The number of nitrogens with zero attached hydrogens (tertiary/aromatic N) is 2. The highest BCUT2D eigenvalue weighted by Gasteiger charge is 2.24. The fourth-order valence-electron chi connectivity index (χ4n) is 3.51. The Morgan fingerprint density at radius 1 is 0.967 bits per heavy atom. The van der Waals surface area contributed by atoms with Gasteiger partial charge in [0.25, 0.3) is 0 Å². The van der Waals surface area contributed by atoms with Crippen molar-refractivity contribution in [2.45, 2.75) is 12.5 Å². The second kappa shape index (κ2) is 10.9. The van der Waals surface area contributed by atoms with Gasteiger partial charge in [-0.1, -0.05) is 66.7 Å². The average molecular weight is 399 g/mol. The number of hydrogen-bond acceptors (Lipinski definition) is 4. The highest BCUT2D eigenvalue weighted by atomic mass is 16.3. The van der Waals surface area contributed by atoms with Gasteiger partial charge in [0.15, 0.2) is 0 Å². The van der Waals surface area contributed by atoms with E-state index < -0.39 is 0 Å². The Labute approximate surface area is 177 Å². The van der Waals surface area contributed by atoms with Crippen molar-refractivity contribution in [1.29, 1.82) is 5.26 Å². The van der Waals surface area contributed by atoms with E-state index in [0.29, 0.717) is 24.2 Å². The quantitative estimate of drug-likeness (QED) is 0.571. The van der Waals surface area contributed by atoms with Crippen molar-refractivity contribution in [2.24, 2.45) is 0 Å². The van der Waals surface area contributed by atoms with Gasteiger partial charge >= 0.3 is 0 Å². The van der Waals surface area contributed by atoms with E-state index in [9.17, 15) is 9.90 Å². The van der Waals surface area contributed by atoms with Crippen molar-refractivity contribution in [3.05, 3.63) is 102 Å². The zero-order valence-electron chi connectivity index (χ0n) is 16.7. The molecule has 0 fully saturated rings. The number of carbonyl (C=O) groups is 1. The van der Waals surface area contributed by atoms with Gasteiger partial charge in [-0.2, -0.15) is 5.26 Å². The maximum Gasteiger partial charge on any atom is 0.238 e. The fraction of sp³-hybridized carbons (Fsp3) is 0.200. The Kier molecular flexibility index (Phi) is 7.73. The molecule has 0 aromatic heterocycles. The summed E-state index contributed by atoms with van der Waals surface area (Å²) < 4.78 is 0. The summed E-state index contributed by atoms with van der Waals surface area (Å²) in [5, 5.41) is 21.4. The minimum Gasteiger partial charge on any atom is -0.396 e. The summed E-state index contributed by atoms with van der Waals surface area (Å²) >= 11 is 0. The molecule has 5 heteroatoms. The predicted octanol–water partition coefficient (Wildman–Crippen LogP) is 3.97. The van der Waals surface area contributed by atoms with E-state index in [1.54, 1.807) is 24.3 Å². The van der Waals surface area contributed by atoms with Crippen LogP contribution in [0.4, 0.5) is 5.69 Å². The van der Waals surface area contributed by atoms with Crippen LogP contribution in [0.3, 0.4) is 0 Å². The number of benzene rings is 3. The molecule has 2 N–H and O–H groups in total. The van der Waals surface area contributed by atoms with E-state index in [4.69, 9.17) is 5.26 Å². The molecular weight excluding hydrogens is 374 g/mol. The lowest BCUT2D eigenvalue weighted by atomic mass is 9.96. The van der Waals surface area contributed by atoms with E-state index in [0.717, 1.165) is 11.1 Å². The summed E-state index contributed by atoms with van der Waals surface area (Å²) in [6, 6.07) is 28.9. The van der Waals surface area contributed by atoms with Gasteiger partial charge in [0.2, 0.25) is 5.91 Å². The second-order valence-corrected chi connectivity index (χ2v) is 7.01. The first-order chi connectivity index (χ1) is 14.7. The molecule has 0 atom stereocenters. The van der Waals surface area contributed by atoms with Crippen LogP contribution in [0.25, 0.3) is 0 Å². The van der Waals surface area contributed by atoms with Crippen LogP contribution < -0.4 is 5.32 Å². The number of anilines is 1. The number of nitriles is 1. The smallest absolute Gasteiger partial charge is 0.238 e. The predicted molar refractivity (Wildman–Crippen MR) is 118 cm³/mol. The Morgan fingerprint density at radius 3 is 2.17 bits per heavy atom. The van der Waals surface area contributed by atoms with Crippen LogP contribution in [0.1, 0.15) is 29.2 Å². The summed E-state index contributed by atoms with van der Waals surface area (Å²) in [4.78, 5) is 14.9. The van der Waals surface area contributed by atoms with E-state index in [1.807, 2.05) is 36.4 Å². The van der Waals surface area contributed by atoms with Crippen molar-refractivity contribution < 1.29 is 9.90 Å².